The number of amides is 2. The summed E-state index contributed by atoms with van der Waals surface area (Å²) in [4.78, 5) is 22.0. The molecule has 0 spiro atoms. The summed E-state index contributed by atoms with van der Waals surface area (Å²) >= 11 is 0. The molecule has 0 fully saturated rings. The number of carbonyl (C=O) groups is 2. The van der Waals surface area contributed by atoms with E-state index in [1.165, 1.54) is 4.68 Å². The molecule has 1 aliphatic rings. The van der Waals surface area contributed by atoms with Crippen LogP contribution >= 0.6 is 0 Å². The molecule has 1 aromatic heterocycles. The van der Waals surface area contributed by atoms with Gasteiger partial charge in [-0.15, -0.1) is 0 Å². The number of aromatic nitrogens is 2. The minimum Gasteiger partial charge on any atom is -0.383 e. The van der Waals surface area contributed by atoms with Crippen molar-refractivity contribution in [3.63, 3.8) is 0 Å². The van der Waals surface area contributed by atoms with Crippen LogP contribution in [0.15, 0.2) is 0 Å². The topological polar surface area (TPSA) is 90.0 Å². The second kappa shape index (κ2) is 1.84. The van der Waals surface area contributed by atoms with E-state index in [4.69, 9.17) is 5.73 Å². The number of nitrogens with zero attached hydrogens (tertiary/aromatic N) is 2. The lowest BCUT2D eigenvalue weighted by Crippen LogP contribution is -2.22. The van der Waals surface area contributed by atoms with Crippen LogP contribution < -0.4 is 11.1 Å². The van der Waals surface area contributed by atoms with Gasteiger partial charge in [0.1, 0.15) is 11.4 Å². The predicted molar refractivity (Wildman–Crippen MR) is 39.4 cm³/mol. The van der Waals surface area contributed by atoms with Crippen molar-refractivity contribution in [1.82, 2.24) is 15.1 Å². The highest BCUT2D eigenvalue weighted by Gasteiger charge is 2.33. The van der Waals surface area contributed by atoms with Crippen molar-refractivity contribution in [3.05, 3.63) is 11.3 Å². The summed E-state index contributed by atoms with van der Waals surface area (Å²) in [5.74, 6) is -0.740. The maximum absolute atomic E-state index is 11.0. The molecule has 0 aromatic carbocycles. The molecule has 0 aliphatic carbocycles. The standard InChI is InChI=1S/C6H6N4O2/c1-10-4(7)2-3(9-10)6(12)8-5(2)11/h7H2,1H3,(H,8,11,12). The van der Waals surface area contributed by atoms with Gasteiger partial charge in [0.15, 0.2) is 5.69 Å². The minimum atomic E-state index is -0.484. The second-order valence-corrected chi connectivity index (χ2v) is 2.52. The molecule has 0 radical (unpaired) electrons. The fraction of sp³-hybridized carbons (Fsp3) is 0.167. The van der Waals surface area contributed by atoms with E-state index in [1.54, 1.807) is 7.05 Å². The SMILES string of the molecule is Cn1nc2c(c1N)C(=O)NC2=O. The molecule has 0 unspecified atom stereocenters. The van der Waals surface area contributed by atoms with Gasteiger partial charge in [-0.1, -0.05) is 0 Å². The number of fused-ring (bicyclic) bond motifs is 1. The predicted octanol–water partition coefficient (Wildman–Crippen LogP) is -1.11. The lowest BCUT2D eigenvalue weighted by molar-refractivity contribution is 0.0876. The van der Waals surface area contributed by atoms with Crippen LogP contribution in [0.25, 0.3) is 0 Å². The Morgan fingerprint density at radius 1 is 1.42 bits per heavy atom. The van der Waals surface area contributed by atoms with Crippen molar-refractivity contribution in [1.29, 1.82) is 0 Å². The summed E-state index contributed by atoms with van der Waals surface area (Å²) in [6, 6.07) is 0. The molecule has 0 saturated heterocycles. The molecule has 2 rings (SSSR count). The molecular weight excluding hydrogens is 160 g/mol. The van der Waals surface area contributed by atoms with E-state index < -0.39 is 11.8 Å². The Morgan fingerprint density at radius 2 is 2.08 bits per heavy atom. The van der Waals surface area contributed by atoms with Crippen LogP contribution in [-0.2, 0) is 7.05 Å². The van der Waals surface area contributed by atoms with Gasteiger partial charge in [0.25, 0.3) is 11.8 Å². The summed E-state index contributed by atoms with van der Waals surface area (Å²) in [5, 5.41) is 5.88. The molecule has 62 valence electrons. The number of rotatable bonds is 0. The molecule has 2 heterocycles. The quantitative estimate of drug-likeness (QED) is 0.478. The maximum Gasteiger partial charge on any atom is 0.279 e. The van der Waals surface area contributed by atoms with E-state index >= 15 is 0 Å². The van der Waals surface area contributed by atoms with Crippen LogP contribution in [0.3, 0.4) is 0 Å². The van der Waals surface area contributed by atoms with Gasteiger partial charge in [0.05, 0.1) is 0 Å². The number of nitrogens with two attached hydrogens (primary N) is 1. The summed E-state index contributed by atoms with van der Waals surface area (Å²) < 4.78 is 1.31. The number of hydrogen-bond acceptors (Lipinski definition) is 4. The average molecular weight is 166 g/mol. The van der Waals surface area contributed by atoms with Gasteiger partial charge < -0.3 is 5.73 Å². The first kappa shape index (κ1) is 6.84. The Kier molecular flexibility index (Phi) is 1.05. The van der Waals surface area contributed by atoms with Crippen LogP contribution in [0.2, 0.25) is 0 Å². The number of nitrogen functional groups attached to an aromatic ring is 1. The second-order valence-electron chi connectivity index (χ2n) is 2.52. The Morgan fingerprint density at radius 3 is 2.67 bits per heavy atom. The van der Waals surface area contributed by atoms with Crippen molar-refractivity contribution >= 4 is 17.6 Å². The van der Waals surface area contributed by atoms with Crippen LogP contribution in [0.1, 0.15) is 20.8 Å². The first-order valence-corrected chi connectivity index (χ1v) is 3.29. The van der Waals surface area contributed by atoms with Crippen LogP contribution in [0, 0.1) is 0 Å². The van der Waals surface area contributed by atoms with Crippen molar-refractivity contribution in [2.45, 2.75) is 0 Å². The van der Waals surface area contributed by atoms with Crippen LogP contribution in [-0.4, -0.2) is 21.6 Å². The average Bonchev–Trinajstić information content (AvgIpc) is 2.41. The normalized spacial score (nSPS) is 14.8. The largest absolute Gasteiger partial charge is 0.383 e. The Hall–Kier alpha value is -1.85. The summed E-state index contributed by atoms with van der Waals surface area (Å²) in [6.07, 6.45) is 0. The third-order valence-electron chi connectivity index (χ3n) is 1.76. The Balaban J connectivity index is 2.75. The van der Waals surface area contributed by atoms with Crippen molar-refractivity contribution in [2.75, 3.05) is 5.73 Å². The molecule has 12 heavy (non-hydrogen) atoms. The zero-order chi connectivity index (χ0) is 8.88. The van der Waals surface area contributed by atoms with Crippen molar-refractivity contribution < 1.29 is 9.59 Å². The third-order valence-corrected chi connectivity index (χ3v) is 1.76. The van der Waals surface area contributed by atoms with Gasteiger partial charge in [0.2, 0.25) is 0 Å². The monoisotopic (exact) mass is 166 g/mol. The molecule has 1 aromatic rings. The van der Waals surface area contributed by atoms with Gasteiger partial charge in [-0.05, 0) is 0 Å². The minimum absolute atomic E-state index is 0.111. The van der Waals surface area contributed by atoms with Gasteiger partial charge in [-0.2, -0.15) is 5.10 Å². The maximum atomic E-state index is 11.0. The van der Waals surface area contributed by atoms with E-state index in [9.17, 15) is 9.59 Å². The number of imide groups is 1. The first-order chi connectivity index (χ1) is 5.61. The smallest absolute Gasteiger partial charge is 0.279 e. The fourth-order valence-corrected chi connectivity index (χ4v) is 1.14. The molecule has 1 aliphatic heterocycles. The number of carbonyl (C=O) groups excluding carboxylic acids is 2. The fourth-order valence-electron chi connectivity index (χ4n) is 1.14. The van der Waals surface area contributed by atoms with Crippen molar-refractivity contribution in [3.8, 4) is 0 Å². The van der Waals surface area contributed by atoms with Crippen LogP contribution in [0.4, 0.5) is 5.82 Å². The first-order valence-electron chi connectivity index (χ1n) is 3.29. The van der Waals surface area contributed by atoms with Gasteiger partial charge in [0, 0.05) is 7.05 Å². The molecule has 3 N–H and O–H groups in total. The molecule has 0 bridgehead atoms. The molecule has 6 heteroatoms. The molecule has 0 atom stereocenters. The Bertz CT molecular complexity index is 392. The summed E-state index contributed by atoms with van der Waals surface area (Å²) in [6.45, 7) is 0. The van der Waals surface area contributed by atoms with E-state index in [2.05, 4.69) is 10.4 Å². The molecule has 6 nitrogen and oxygen atoms in total. The van der Waals surface area contributed by atoms with E-state index in [0.717, 1.165) is 0 Å². The zero-order valence-corrected chi connectivity index (χ0v) is 6.29. The summed E-state index contributed by atoms with van der Waals surface area (Å²) in [5.41, 5.74) is 5.79. The van der Waals surface area contributed by atoms with E-state index in [-0.39, 0.29) is 17.1 Å². The number of aryl methyl sites for hydroxylation is 1. The lowest BCUT2D eigenvalue weighted by Gasteiger charge is -1.95. The van der Waals surface area contributed by atoms with Gasteiger partial charge in [-0.25, -0.2) is 0 Å². The highest BCUT2D eigenvalue weighted by atomic mass is 16.2. The number of hydrogen-bond donors (Lipinski definition) is 2. The molecule has 0 saturated carbocycles. The van der Waals surface area contributed by atoms with Crippen molar-refractivity contribution in [2.24, 2.45) is 7.05 Å². The number of nitrogens with one attached hydrogen (secondary N) is 1. The molecular formula is C6H6N4O2. The third kappa shape index (κ3) is 0.609. The van der Waals surface area contributed by atoms with E-state index in [1.807, 2.05) is 0 Å². The zero-order valence-electron chi connectivity index (χ0n) is 6.29. The lowest BCUT2D eigenvalue weighted by atomic mass is 10.3. The van der Waals surface area contributed by atoms with Crippen LogP contribution in [0.5, 0.6) is 0 Å². The summed E-state index contributed by atoms with van der Waals surface area (Å²) in [7, 11) is 1.58. The highest BCUT2D eigenvalue weighted by Crippen LogP contribution is 2.19. The van der Waals surface area contributed by atoms with E-state index in [0.29, 0.717) is 0 Å². The highest BCUT2D eigenvalue weighted by molar-refractivity contribution is 6.22. The van der Waals surface area contributed by atoms with Gasteiger partial charge >= 0.3 is 0 Å². The molecule has 2 amide bonds. The van der Waals surface area contributed by atoms with Gasteiger partial charge in [-0.3, -0.25) is 19.6 Å². The number of anilines is 1. The Labute approximate surface area is 67.3 Å².